The standard InChI is InChI=1S/C16H18O4/c1-2-20-12-9-7-11(8-10-12)15(17)13-5-3-4-6-14(13)16(18)19/h3-4,7-10,13-14H,2,5-6H2,1H3,(H,18,19). The minimum absolute atomic E-state index is 0.107. The second-order valence-electron chi connectivity index (χ2n) is 4.82. The second-order valence-corrected chi connectivity index (χ2v) is 4.82. The number of carbonyl (C=O) groups is 2. The lowest BCUT2D eigenvalue weighted by Gasteiger charge is -2.24. The van der Waals surface area contributed by atoms with Crippen molar-refractivity contribution in [2.24, 2.45) is 11.8 Å². The molecule has 0 spiro atoms. The fraction of sp³-hybridized carbons (Fsp3) is 0.375. The van der Waals surface area contributed by atoms with Crippen molar-refractivity contribution in [1.29, 1.82) is 0 Å². The molecule has 4 nitrogen and oxygen atoms in total. The van der Waals surface area contributed by atoms with E-state index < -0.39 is 17.8 Å². The van der Waals surface area contributed by atoms with Crippen LogP contribution in [0.15, 0.2) is 36.4 Å². The van der Waals surface area contributed by atoms with E-state index in [1.54, 1.807) is 24.3 Å². The van der Waals surface area contributed by atoms with Gasteiger partial charge in [0, 0.05) is 11.5 Å². The molecule has 0 saturated carbocycles. The van der Waals surface area contributed by atoms with E-state index in [4.69, 9.17) is 4.74 Å². The third-order valence-corrected chi connectivity index (χ3v) is 3.54. The minimum Gasteiger partial charge on any atom is -0.494 e. The van der Waals surface area contributed by atoms with Crippen molar-refractivity contribution in [2.75, 3.05) is 6.61 Å². The van der Waals surface area contributed by atoms with Crippen LogP contribution in [0.25, 0.3) is 0 Å². The Morgan fingerprint density at radius 1 is 1.15 bits per heavy atom. The smallest absolute Gasteiger partial charge is 0.307 e. The van der Waals surface area contributed by atoms with Gasteiger partial charge in [0.15, 0.2) is 5.78 Å². The highest BCUT2D eigenvalue weighted by Gasteiger charge is 2.34. The van der Waals surface area contributed by atoms with Crippen molar-refractivity contribution < 1.29 is 19.4 Å². The van der Waals surface area contributed by atoms with Crippen molar-refractivity contribution in [3.8, 4) is 5.75 Å². The van der Waals surface area contributed by atoms with Gasteiger partial charge in [-0.15, -0.1) is 0 Å². The molecular weight excluding hydrogens is 256 g/mol. The highest BCUT2D eigenvalue weighted by atomic mass is 16.5. The third-order valence-electron chi connectivity index (χ3n) is 3.54. The lowest BCUT2D eigenvalue weighted by molar-refractivity contribution is -0.143. The van der Waals surface area contributed by atoms with Crippen LogP contribution in [0.2, 0.25) is 0 Å². The Kier molecular flexibility index (Phi) is 4.56. The molecule has 20 heavy (non-hydrogen) atoms. The van der Waals surface area contributed by atoms with Gasteiger partial charge in [-0.3, -0.25) is 9.59 Å². The van der Waals surface area contributed by atoms with Crippen LogP contribution in [0.3, 0.4) is 0 Å². The average Bonchev–Trinajstić information content (AvgIpc) is 2.47. The Labute approximate surface area is 118 Å². The average molecular weight is 274 g/mol. The first-order valence-electron chi connectivity index (χ1n) is 6.78. The molecule has 0 bridgehead atoms. The van der Waals surface area contributed by atoms with E-state index >= 15 is 0 Å². The molecule has 0 fully saturated rings. The Bertz CT molecular complexity index is 516. The Morgan fingerprint density at radius 2 is 1.75 bits per heavy atom. The summed E-state index contributed by atoms with van der Waals surface area (Å²) < 4.78 is 5.33. The maximum atomic E-state index is 12.4. The van der Waals surface area contributed by atoms with Crippen molar-refractivity contribution in [1.82, 2.24) is 0 Å². The van der Waals surface area contributed by atoms with Gasteiger partial charge in [-0.2, -0.15) is 0 Å². The fourth-order valence-corrected chi connectivity index (χ4v) is 2.47. The van der Waals surface area contributed by atoms with E-state index in [-0.39, 0.29) is 5.78 Å². The summed E-state index contributed by atoms with van der Waals surface area (Å²) in [5, 5.41) is 9.21. The normalized spacial score (nSPS) is 21.4. The zero-order valence-electron chi connectivity index (χ0n) is 11.4. The summed E-state index contributed by atoms with van der Waals surface area (Å²) in [6.07, 6.45) is 4.63. The summed E-state index contributed by atoms with van der Waals surface area (Å²) >= 11 is 0. The second kappa shape index (κ2) is 6.37. The molecule has 1 N–H and O–H groups in total. The zero-order valence-corrected chi connectivity index (χ0v) is 11.4. The number of allylic oxidation sites excluding steroid dienone is 2. The number of carboxylic acids is 1. The molecule has 0 heterocycles. The molecule has 0 aromatic heterocycles. The minimum atomic E-state index is -0.904. The lowest BCUT2D eigenvalue weighted by Crippen LogP contribution is -2.31. The molecule has 0 saturated heterocycles. The van der Waals surface area contributed by atoms with Gasteiger partial charge >= 0.3 is 5.97 Å². The molecule has 1 aromatic rings. The van der Waals surface area contributed by atoms with Crippen LogP contribution in [0.4, 0.5) is 0 Å². The number of Topliss-reactive ketones (excluding diaryl/α,β-unsaturated/α-hetero) is 1. The Balaban J connectivity index is 2.17. The first kappa shape index (κ1) is 14.3. The van der Waals surface area contributed by atoms with Gasteiger partial charge < -0.3 is 9.84 Å². The summed E-state index contributed by atoms with van der Waals surface area (Å²) in [5.41, 5.74) is 0.542. The van der Waals surface area contributed by atoms with Gasteiger partial charge in [0.1, 0.15) is 5.75 Å². The highest BCUT2D eigenvalue weighted by Crippen LogP contribution is 2.29. The molecule has 0 amide bonds. The zero-order chi connectivity index (χ0) is 14.5. The quantitative estimate of drug-likeness (QED) is 0.662. The number of hydrogen-bond acceptors (Lipinski definition) is 3. The van der Waals surface area contributed by atoms with Gasteiger partial charge in [-0.05, 0) is 44.0 Å². The van der Waals surface area contributed by atoms with E-state index in [1.165, 1.54) is 0 Å². The number of aliphatic carboxylic acids is 1. The van der Waals surface area contributed by atoms with Crippen LogP contribution in [-0.2, 0) is 4.79 Å². The molecule has 2 unspecified atom stereocenters. The number of carboxylic acid groups (broad SMARTS) is 1. The van der Waals surface area contributed by atoms with Crippen LogP contribution in [0, 0.1) is 11.8 Å². The Hall–Kier alpha value is -2.10. The topological polar surface area (TPSA) is 63.6 Å². The SMILES string of the molecule is CCOc1ccc(C(=O)C2CC=CCC2C(=O)O)cc1. The van der Waals surface area contributed by atoms with Gasteiger partial charge in [-0.1, -0.05) is 12.2 Å². The van der Waals surface area contributed by atoms with E-state index in [2.05, 4.69) is 0 Å². The fourth-order valence-electron chi connectivity index (χ4n) is 2.47. The third kappa shape index (κ3) is 3.07. The van der Waals surface area contributed by atoms with Crippen LogP contribution < -0.4 is 4.74 Å². The largest absolute Gasteiger partial charge is 0.494 e. The number of hydrogen-bond donors (Lipinski definition) is 1. The monoisotopic (exact) mass is 274 g/mol. The van der Waals surface area contributed by atoms with E-state index in [0.29, 0.717) is 30.8 Å². The first-order chi connectivity index (χ1) is 9.63. The summed E-state index contributed by atoms with van der Waals surface area (Å²) in [6, 6.07) is 6.88. The molecular formula is C16H18O4. The molecule has 2 rings (SSSR count). The molecule has 0 aliphatic heterocycles. The maximum Gasteiger partial charge on any atom is 0.307 e. The van der Waals surface area contributed by atoms with E-state index in [1.807, 2.05) is 19.1 Å². The number of ether oxygens (including phenoxy) is 1. The summed E-state index contributed by atoms with van der Waals surface area (Å²) in [5.74, 6) is -1.40. The molecule has 0 radical (unpaired) electrons. The number of rotatable bonds is 5. The summed E-state index contributed by atoms with van der Waals surface area (Å²) in [6.45, 7) is 2.46. The molecule has 106 valence electrons. The van der Waals surface area contributed by atoms with Crippen molar-refractivity contribution in [3.05, 3.63) is 42.0 Å². The molecule has 1 aliphatic rings. The number of carbonyl (C=O) groups excluding carboxylic acids is 1. The van der Waals surface area contributed by atoms with Crippen LogP contribution in [-0.4, -0.2) is 23.5 Å². The summed E-state index contributed by atoms with van der Waals surface area (Å²) in [7, 11) is 0. The molecule has 1 aromatic carbocycles. The van der Waals surface area contributed by atoms with Crippen LogP contribution >= 0.6 is 0 Å². The molecule has 4 heteroatoms. The van der Waals surface area contributed by atoms with Crippen LogP contribution in [0.1, 0.15) is 30.1 Å². The summed E-state index contributed by atoms with van der Waals surface area (Å²) in [4.78, 5) is 23.7. The maximum absolute atomic E-state index is 12.4. The van der Waals surface area contributed by atoms with Crippen molar-refractivity contribution >= 4 is 11.8 Å². The van der Waals surface area contributed by atoms with E-state index in [9.17, 15) is 14.7 Å². The molecule has 2 atom stereocenters. The van der Waals surface area contributed by atoms with Gasteiger partial charge in [0.25, 0.3) is 0 Å². The van der Waals surface area contributed by atoms with Crippen molar-refractivity contribution in [3.63, 3.8) is 0 Å². The Morgan fingerprint density at radius 3 is 2.30 bits per heavy atom. The number of benzene rings is 1. The van der Waals surface area contributed by atoms with Gasteiger partial charge in [0.2, 0.25) is 0 Å². The number of ketones is 1. The molecule has 1 aliphatic carbocycles. The predicted molar refractivity (Wildman–Crippen MR) is 74.9 cm³/mol. The predicted octanol–water partition coefficient (Wildman–Crippen LogP) is 2.94. The van der Waals surface area contributed by atoms with Crippen LogP contribution in [0.5, 0.6) is 5.75 Å². The van der Waals surface area contributed by atoms with E-state index in [0.717, 1.165) is 0 Å². The highest BCUT2D eigenvalue weighted by molar-refractivity contribution is 6.00. The van der Waals surface area contributed by atoms with Crippen molar-refractivity contribution in [2.45, 2.75) is 19.8 Å². The van der Waals surface area contributed by atoms with Gasteiger partial charge in [-0.25, -0.2) is 0 Å². The first-order valence-corrected chi connectivity index (χ1v) is 6.78. The lowest BCUT2D eigenvalue weighted by atomic mass is 9.78. The van der Waals surface area contributed by atoms with Gasteiger partial charge in [0.05, 0.1) is 12.5 Å².